The number of halogens is 2. The molecule has 3 nitrogen and oxygen atoms in total. The summed E-state index contributed by atoms with van der Waals surface area (Å²) in [6.07, 6.45) is 0.813. The van der Waals surface area contributed by atoms with Crippen LogP contribution in [0.2, 0.25) is 10.0 Å². The van der Waals surface area contributed by atoms with Crippen molar-refractivity contribution in [1.29, 1.82) is 0 Å². The highest BCUT2D eigenvalue weighted by Crippen LogP contribution is 2.27. The lowest BCUT2D eigenvalue weighted by molar-refractivity contribution is 0.319. The molecular formula is C15H13Cl2NO2. The molecule has 0 saturated heterocycles. The lowest BCUT2D eigenvalue weighted by Crippen LogP contribution is -2.04. The molecule has 0 unspecified atom stereocenters. The number of aromatic hydroxyl groups is 1. The van der Waals surface area contributed by atoms with Crippen LogP contribution in [-0.4, -0.2) is 16.0 Å². The van der Waals surface area contributed by atoms with Gasteiger partial charge in [-0.2, -0.15) is 0 Å². The van der Waals surface area contributed by atoms with Gasteiger partial charge in [0, 0.05) is 11.1 Å². The minimum absolute atomic E-state index is 0.0427. The van der Waals surface area contributed by atoms with Gasteiger partial charge in [0.25, 0.3) is 0 Å². The summed E-state index contributed by atoms with van der Waals surface area (Å²) in [5.41, 5.74) is 2.30. The van der Waals surface area contributed by atoms with E-state index in [1.165, 1.54) is 0 Å². The molecule has 0 aliphatic rings. The van der Waals surface area contributed by atoms with Gasteiger partial charge in [-0.3, -0.25) is 0 Å². The van der Waals surface area contributed by atoms with Gasteiger partial charge >= 0.3 is 0 Å². The second-order valence-corrected chi connectivity index (χ2v) is 5.10. The summed E-state index contributed by atoms with van der Waals surface area (Å²) in [7, 11) is 0. The van der Waals surface area contributed by atoms with Crippen molar-refractivity contribution in [3.05, 3.63) is 63.1 Å². The Labute approximate surface area is 127 Å². The number of aryl methyl sites for hydroxylation is 1. The van der Waals surface area contributed by atoms with E-state index in [1.54, 1.807) is 30.3 Å². The lowest BCUT2D eigenvalue weighted by atomic mass is 9.99. The quantitative estimate of drug-likeness (QED) is 0.498. The number of hydrogen-bond donors (Lipinski definition) is 2. The summed E-state index contributed by atoms with van der Waals surface area (Å²) in [5.74, 6) is 0.0427. The molecule has 0 aliphatic heterocycles. The SMILES string of the molecule is CCc1ccc(O)c(C(=NO)c2ccc(Cl)c(Cl)c2)c1. The Balaban J connectivity index is 2.55. The van der Waals surface area contributed by atoms with Crippen LogP contribution in [-0.2, 0) is 6.42 Å². The monoisotopic (exact) mass is 309 g/mol. The Hall–Kier alpha value is -1.71. The Bertz CT molecular complexity index is 669. The lowest BCUT2D eigenvalue weighted by Gasteiger charge is -2.10. The van der Waals surface area contributed by atoms with E-state index >= 15 is 0 Å². The molecule has 0 radical (unpaired) electrons. The predicted molar refractivity (Wildman–Crippen MR) is 81.4 cm³/mol. The van der Waals surface area contributed by atoms with Crippen LogP contribution in [0.25, 0.3) is 0 Å². The van der Waals surface area contributed by atoms with E-state index in [9.17, 15) is 10.3 Å². The number of phenolic OH excluding ortho intramolecular Hbond substituents is 1. The molecule has 0 spiro atoms. The zero-order valence-electron chi connectivity index (χ0n) is 10.8. The second kappa shape index (κ2) is 6.16. The number of hydrogen-bond acceptors (Lipinski definition) is 3. The molecule has 20 heavy (non-hydrogen) atoms. The van der Waals surface area contributed by atoms with E-state index in [4.69, 9.17) is 23.2 Å². The van der Waals surface area contributed by atoms with E-state index in [-0.39, 0.29) is 11.5 Å². The summed E-state index contributed by atoms with van der Waals surface area (Å²) in [4.78, 5) is 0. The van der Waals surface area contributed by atoms with Gasteiger partial charge in [0.15, 0.2) is 0 Å². The van der Waals surface area contributed by atoms with E-state index in [0.29, 0.717) is 21.2 Å². The smallest absolute Gasteiger partial charge is 0.125 e. The average Bonchev–Trinajstić information content (AvgIpc) is 2.45. The molecule has 0 amide bonds. The molecule has 0 saturated carbocycles. The summed E-state index contributed by atoms with van der Waals surface area (Å²) >= 11 is 11.8. The molecule has 0 atom stereocenters. The Kier molecular flexibility index (Phi) is 4.53. The maximum Gasteiger partial charge on any atom is 0.125 e. The van der Waals surface area contributed by atoms with Crippen molar-refractivity contribution in [2.75, 3.05) is 0 Å². The van der Waals surface area contributed by atoms with Crippen molar-refractivity contribution in [1.82, 2.24) is 0 Å². The normalized spacial score (nSPS) is 11.7. The highest BCUT2D eigenvalue weighted by molar-refractivity contribution is 6.42. The fraction of sp³-hybridized carbons (Fsp3) is 0.133. The van der Waals surface area contributed by atoms with Crippen LogP contribution >= 0.6 is 23.2 Å². The molecule has 5 heteroatoms. The second-order valence-electron chi connectivity index (χ2n) is 4.28. The Morgan fingerprint density at radius 2 is 1.85 bits per heavy atom. The van der Waals surface area contributed by atoms with Crippen molar-refractivity contribution in [2.45, 2.75) is 13.3 Å². The van der Waals surface area contributed by atoms with E-state index < -0.39 is 0 Å². The molecule has 0 aromatic heterocycles. The molecule has 2 rings (SSSR count). The first kappa shape index (κ1) is 14.7. The van der Waals surface area contributed by atoms with E-state index in [1.807, 2.05) is 13.0 Å². The van der Waals surface area contributed by atoms with Gasteiger partial charge in [-0.15, -0.1) is 0 Å². The first-order chi connectivity index (χ1) is 9.56. The standard InChI is InChI=1S/C15H13Cl2NO2/c1-2-9-3-6-14(19)11(7-9)15(18-20)10-4-5-12(16)13(17)8-10/h3-8,19-20H,2H2,1H3. The molecule has 2 aromatic carbocycles. The molecule has 0 heterocycles. The zero-order valence-corrected chi connectivity index (χ0v) is 12.3. The summed E-state index contributed by atoms with van der Waals surface area (Å²) in [6.45, 7) is 2.01. The minimum Gasteiger partial charge on any atom is -0.507 e. The molecule has 0 bridgehead atoms. The molecule has 0 aliphatic carbocycles. The molecular weight excluding hydrogens is 297 g/mol. The number of rotatable bonds is 3. The molecule has 2 N–H and O–H groups in total. The van der Waals surface area contributed by atoms with Gasteiger partial charge < -0.3 is 10.3 Å². The van der Waals surface area contributed by atoms with Crippen molar-refractivity contribution in [2.24, 2.45) is 5.16 Å². The van der Waals surface area contributed by atoms with Gasteiger partial charge in [0.1, 0.15) is 11.5 Å². The van der Waals surface area contributed by atoms with Gasteiger partial charge in [-0.1, -0.05) is 47.4 Å². The van der Waals surface area contributed by atoms with Gasteiger partial charge in [0.05, 0.1) is 10.0 Å². The van der Waals surface area contributed by atoms with E-state index in [0.717, 1.165) is 12.0 Å². The summed E-state index contributed by atoms with van der Waals surface area (Å²) in [5, 5.41) is 23.3. The van der Waals surface area contributed by atoms with Crippen molar-refractivity contribution in [3.63, 3.8) is 0 Å². The van der Waals surface area contributed by atoms with Crippen LogP contribution in [0.3, 0.4) is 0 Å². The van der Waals surface area contributed by atoms with Crippen LogP contribution in [0.4, 0.5) is 0 Å². The largest absolute Gasteiger partial charge is 0.507 e. The van der Waals surface area contributed by atoms with Crippen LogP contribution in [0.1, 0.15) is 23.6 Å². The molecule has 2 aromatic rings. The third-order valence-electron chi connectivity index (χ3n) is 3.02. The summed E-state index contributed by atoms with van der Waals surface area (Å²) in [6, 6.07) is 10.1. The molecule has 0 fully saturated rings. The maximum atomic E-state index is 9.97. The van der Waals surface area contributed by atoms with Gasteiger partial charge in [0.2, 0.25) is 0 Å². The first-order valence-electron chi connectivity index (χ1n) is 6.06. The Morgan fingerprint density at radius 1 is 1.10 bits per heavy atom. The van der Waals surface area contributed by atoms with Crippen molar-refractivity contribution < 1.29 is 10.3 Å². The average molecular weight is 310 g/mol. The fourth-order valence-corrected chi connectivity index (χ4v) is 2.20. The molecule has 104 valence electrons. The van der Waals surface area contributed by atoms with Crippen LogP contribution in [0.15, 0.2) is 41.6 Å². The highest BCUT2D eigenvalue weighted by atomic mass is 35.5. The minimum atomic E-state index is 0.0427. The van der Waals surface area contributed by atoms with E-state index in [2.05, 4.69) is 5.16 Å². The topological polar surface area (TPSA) is 52.8 Å². The van der Waals surface area contributed by atoms with Crippen LogP contribution < -0.4 is 0 Å². The van der Waals surface area contributed by atoms with Crippen LogP contribution in [0, 0.1) is 0 Å². The first-order valence-corrected chi connectivity index (χ1v) is 6.82. The van der Waals surface area contributed by atoms with Crippen molar-refractivity contribution >= 4 is 28.9 Å². The van der Waals surface area contributed by atoms with Gasteiger partial charge in [-0.05, 0) is 36.2 Å². The van der Waals surface area contributed by atoms with Gasteiger partial charge in [-0.25, -0.2) is 0 Å². The highest BCUT2D eigenvalue weighted by Gasteiger charge is 2.14. The fourth-order valence-electron chi connectivity index (χ4n) is 1.90. The number of phenols is 1. The zero-order chi connectivity index (χ0) is 14.7. The van der Waals surface area contributed by atoms with Crippen molar-refractivity contribution in [3.8, 4) is 5.75 Å². The Morgan fingerprint density at radius 3 is 2.45 bits per heavy atom. The number of oxime groups is 1. The number of nitrogens with zero attached hydrogens (tertiary/aromatic N) is 1. The summed E-state index contributed by atoms with van der Waals surface area (Å²) < 4.78 is 0. The predicted octanol–water partition coefficient (Wildman–Crippen LogP) is 4.49. The maximum absolute atomic E-state index is 9.97. The van der Waals surface area contributed by atoms with Crippen LogP contribution in [0.5, 0.6) is 5.75 Å². The third kappa shape index (κ3) is 2.89. The third-order valence-corrected chi connectivity index (χ3v) is 3.76. The number of benzene rings is 2.